The van der Waals surface area contributed by atoms with Crippen LogP contribution in [0.4, 0.5) is 0 Å². The SMILES string of the molecule is COP(=O)(OC)C12C=CC=CC=C1Oc1ccccc12. The average Bonchev–Trinajstić information content (AvgIpc) is 2.66. The molecule has 0 bridgehead atoms. The van der Waals surface area contributed by atoms with Crippen LogP contribution in [-0.4, -0.2) is 14.2 Å². The van der Waals surface area contributed by atoms with E-state index in [9.17, 15) is 4.57 Å². The summed E-state index contributed by atoms with van der Waals surface area (Å²) < 4.78 is 29.6. The molecule has 5 heteroatoms. The molecule has 4 nitrogen and oxygen atoms in total. The molecule has 0 radical (unpaired) electrons. The fourth-order valence-electron chi connectivity index (χ4n) is 2.67. The Morgan fingerprint density at radius 2 is 1.85 bits per heavy atom. The van der Waals surface area contributed by atoms with Crippen LogP contribution in [0.2, 0.25) is 0 Å². The van der Waals surface area contributed by atoms with Crippen molar-refractivity contribution in [3.05, 3.63) is 66.0 Å². The number of benzene rings is 1. The minimum atomic E-state index is -3.46. The van der Waals surface area contributed by atoms with Crippen LogP contribution in [0.1, 0.15) is 5.56 Å². The van der Waals surface area contributed by atoms with Crippen LogP contribution in [0.25, 0.3) is 0 Å². The predicted molar refractivity (Wildman–Crippen MR) is 76.7 cm³/mol. The normalized spacial score (nSPS) is 23.6. The minimum absolute atomic E-state index is 0.552. The lowest BCUT2D eigenvalue weighted by Gasteiger charge is -2.31. The van der Waals surface area contributed by atoms with Crippen LogP contribution in [-0.2, 0) is 18.8 Å². The largest absolute Gasteiger partial charge is 0.459 e. The zero-order chi connectivity index (χ0) is 14.2. The first-order valence-corrected chi connectivity index (χ1v) is 7.78. The standard InChI is InChI=1S/C15H15O4P/c1-17-20(16,18-2)15-11-7-3-4-10-14(15)19-13-9-6-5-8-12(13)15/h3-11H,1-2H3. The van der Waals surface area contributed by atoms with Gasteiger partial charge in [-0.15, -0.1) is 0 Å². The van der Waals surface area contributed by atoms with Crippen LogP contribution >= 0.6 is 7.60 Å². The summed E-state index contributed by atoms with van der Waals surface area (Å²) in [6.45, 7) is 0. The summed E-state index contributed by atoms with van der Waals surface area (Å²) in [6, 6.07) is 7.49. The van der Waals surface area contributed by atoms with Crippen LogP contribution in [0, 0.1) is 0 Å². The number of hydrogen-bond acceptors (Lipinski definition) is 4. The van der Waals surface area contributed by atoms with Gasteiger partial charge in [-0.3, -0.25) is 4.57 Å². The number of fused-ring (bicyclic) bond motifs is 3. The van der Waals surface area contributed by atoms with Crippen LogP contribution in [0.5, 0.6) is 5.75 Å². The van der Waals surface area contributed by atoms with Gasteiger partial charge in [-0.05, 0) is 12.1 Å². The zero-order valence-electron chi connectivity index (χ0n) is 11.3. The molecule has 20 heavy (non-hydrogen) atoms. The van der Waals surface area contributed by atoms with E-state index in [0.717, 1.165) is 5.56 Å². The molecule has 0 saturated carbocycles. The lowest BCUT2D eigenvalue weighted by molar-refractivity contribution is 0.254. The lowest BCUT2D eigenvalue weighted by Crippen LogP contribution is -2.25. The van der Waals surface area contributed by atoms with Gasteiger partial charge in [0.15, 0.2) is 5.16 Å². The lowest BCUT2D eigenvalue weighted by atomic mass is 9.97. The van der Waals surface area contributed by atoms with Gasteiger partial charge in [0, 0.05) is 19.8 Å². The Balaban J connectivity index is 2.34. The Hall–Kier alpha value is -1.61. The quantitative estimate of drug-likeness (QED) is 0.795. The molecule has 1 aromatic rings. The number of hydrogen-bond donors (Lipinski definition) is 0. The molecule has 3 rings (SSSR count). The fourth-order valence-corrected chi connectivity index (χ4v) is 4.53. The monoisotopic (exact) mass is 290 g/mol. The smallest absolute Gasteiger partial charge is 0.352 e. The summed E-state index contributed by atoms with van der Waals surface area (Å²) in [5.41, 5.74) is 0.790. The molecule has 0 fully saturated rings. The van der Waals surface area contributed by atoms with E-state index in [2.05, 4.69) is 0 Å². The van der Waals surface area contributed by atoms with E-state index in [0.29, 0.717) is 11.5 Å². The van der Waals surface area contributed by atoms with Crippen LogP contribution in [0.15, 0.2) is 60.4 Å². The minimum Gasteiger partial charge on any atom is -0.459 e. The maximum absolute atomic E-state index is 13.2. The van der Waals surface area contributed by atoms with Gasteiger partial charge in [0.2, 0.25) is 0 Å². The van der Waals surface area contributed by atoms with E-state index in [1.54, 1.807) is 6.08 Å². The van der Waals surface area contributed by atoms with Gasteiger partial charge in [0.05, 0.1) is 0 Å². The van der Waals surface area contributed by atoms with Gasteiger partial charge in [-0.2, -0.15) is 0 Å². The van der Waals surface area contributed by atoms with Gasteiger partial charge in [-0.25, -0.2) is 0 Å². The van der Waals surface area contributed by atoms with Gasteiger partial charge in [0.25, 0.3) is 0 Å². The maximum atomic E-state index is 13.2. The van der Waals surface area contributed by atoms with Crippen molar-refractivity contribution in [2.45, 2.75) is 5.16 Å². The molecular formula is C15H15O4P. The molecule has 1 unspecified atom stereocenters. The summed E-state index contributed by atoms with van der Waals surface area (Å²) in [5.74, 6) is 1.23. The molecule has 0 N–H and O–H groups in total. The maximum Gasteiger partial charge on any atom is 0.352 e. The molecule has 104 valence electrons. The Kier molecular flexibility index (Phi) is 3.17. The molecule has 2 aliphatic rings. The van der Waals surface area contributed by atoms with Crippen molar-refractivity contribution in [3.8, 4) is 5.75 Å². The first kappa shape index (κ1) is 13.4. The van der Waals surface area contributed by atoms with Crippen molar-refractivity contribution < 1.29 is 18.3 Å². The molecule has 1 aliphatic carbocycles. The third-order valence-corrected chi connectivity index (χ3v) is 6.05. The van der Waals surface area contributed by atoms with Crippen molar-refractivity contribution in [2.75, 3.05) is 14.2 Å². The highest BCUT2D eigenvalue weighted by molar-refractivity contribution is 7.55. The van der Waals surface area contributed by atoms with Crippen molar-refractivity contribution in [2.24, 2.45) is 0 Å². The average molecular weight is 290 g/mol. The third kappa shape index (κ3) is 1.59. The van der Waals surface area contributed by atoms with Crippen molar-refractivity contribution in [1.82, 2.24) is 0 Å². The first-order valence-electron chi connectivity index (χ1n) is 6.23. The Bertz CT molecular complexity index is 666. The summed E-state index contributed by atoms with van der Waals surface area (Å²) in [6.07, 6.45) is 9.15. The van der Waals surface area contributed by atoms with Gasteiger partial charge >= 0.3 is 7.60 Å². The van der Waals surface area contributed by atoms with E-state index in [1.807, 2.05) is 48.6 Å². The highest BCUT2D eigenvalue weighted by Gasteiger charge is 2.58. The Morgan fingerprint density at radius 3 is 2.60 bits per heavy atom. The third-order valence-electron chi connectivity index (χ3n) is 3.61. The summed E-state index contributed by atoms with van der Waals surface area (Å²) in [7, 11) is -0.676. The van der Waals surface area contributed by atoms with Gasteiger partial charge in [0.1, 0.15) is 11.5 Å². The van der Waals surface area contributed by atoms with Gasteiger partial charge in [-0.1, -0.05) is 42.5 Å². The van der Waals surface area contributed by atoms with Gasteiger partial charge < -0.3 is 13.8 Å². The fraction of sp³-hybridized carbons (Fsp3) is 0.200. The zero-order valence-corrected chi connectivity index (χ0v) is 12.2. The highest BCUT2D eigenvalue weighted by Crippen LogP contribution is 2.71. The topological polar surface area (TPSA) is 44.8 Å². The molecule has 1 aromatic carbocycles. The Labute approximate surface area is 117 Å². The summed E-state index contributed by atoms with van der Waals surface area (Å²) >= 11 is 0. The van der Waals surface area contributed by atoms with Crippen LogP contribution in [0.3, 0.4) is 0 Å². The van der Waals surface area contributed by atoms with Crippen LogP contribution < -0.4 is 4.74 Å². The molecule has 1 heterocycles. The van der Waals surface area contributed by atoms with Crippen molar-refractivity contribution in [1.29, 1.82) is 0 Å². The second-order valence-corrected chi connectivity index (χ2v) is 6.93. The number of ether oxygens (including phenoxy) is 1. The van der Waals surface area contributed by atoms with E-state index < -0.39 is 12.8 Å². The van der Waals surface area contributed by atoms with E-state index in [4.69, 9.17) is 13.8 Å². The van der Waals surface area contributed by atoms with E-state index in [-0.39, 0.29) is 0 Å². The first-order chi connectivity index (χ1) is 9.68. The number of allylic oxidation sites excluding steroid dienone is 5. The summed E-state index contributed by atoms with van der Waals surface area (Å²) in [5, 5.41) is -1.03. The van der Waals surface area contributed by atoms with Crippen molar-refractivity contribution in [3.63, 3.8) is 0 Å². The molecule has 0 aromatic heterocycles. The number of rotatable bonds is 3. The molecule has 0 saturated heterocycles. The predicted octanol–water partition coefficient (Wildman–Crippen LogP) is 3.77. The molecule has 1 atom stereocenters. The second kappa shape index (κ2) is 4.74. The number of para-hydroxylation sites is 1. The molecular weight excluding hydrogens is 275 g/mol. The van der Waals surface area contributed by atoms with E-state index in [1.165, 1.54) is 14.2 Å². The van der Waals surface area contributed by atoms with Crippen molar-refractivity contribution >= 4 is 7.60 Å². The summed E-state index contributed by atoms with van der Waals surface area (Å²) in [4.78, 5) is 0. The molecule has 0 spiro atoms. The molecule has 1 aliphatic heterocycles. The Morgan fingerprint density at radius 1 is 1.10 bits per heavy atom. The second-order valence-electron chi connectivity index (χ2n) is 4.50. The van der Waals surface area contributed by atoms with E-state index >= 15 is 0 Å². The molecule has 0 amide bonds. The highest BCUT2D eigenvalue weighted by atomic mass is 31.2.